The van der Waals surface area contributed by atoms with Gasteiger partial charge in [0, 0.05) is 24.8 Å². The Labute approximate surface area is 89.6 Å². The van der Waals surface area contributed by atoms with E-state index in [0.717, 1.165) is 0 Å². The second kappa shape index (κ2) is 8.44. The van der Waals surface area contributed by atoms with E-state index in [1.165, 1.54) is 6.34 Å². The van der Waals surface area contributed by atoms with Crippen molar-refractivity contribution in [3.63, 3.8) is 0 Å². The first-order chi connectivity index (χ1) is 7.50. The first-order valence-electron chi connectivity index (χ1n) is 4.61. The molecule has 3 nitrogen and oxygen atoms in total. The molecule has 0 amide bonds. The van der Waals surface area contributed by atoms with Crippen molar-refractivity contribution in [2.24, 2.45) is 9.98 Å². The minimum Gasteiger partial charge on any atom is -0.368 e. The summed E-state index contributed by atoms with van der Waals surface area (Å²) in [6.45, 7) is 0. The maximum atomic E-state index is 3.93. The summed E-state index contributed by atoms with van der Waals surface area (Å²) in [6.07, 6.45) is 21.7. The molecule has 1 N–H and O–H groups in total. The van der Waals surface area contributed by atoms with Crippen molar-refractivity contribution >= 4 is 12.6 Å². The number of rotatable bonds is 0. The van der Waals surface area contributed by atoms with E-state index in [-0.39, 0.29) is 0 Å². The van der Waals surface area contributed by atoms with Gasteiger partial charge in [-0.25, -0.2) is 9.98 Å². The molecular weight excluding hydrogens is 186 g/mol. The maximum Gasteiger partial charge on any atom is 0.115 e. The zero-order chi connectivity index (χ0) is 10.6. The molecular formula is C12H13N3. The number of nitrogens with one attached hydrogen (secondary N) is 1. The molecule has 0 fully saturated rings. The fraction of sp³-hybridized carbons (Fsp3) is 0. The van der Waals surface area contributed by atoms with Crippen molar-refractivity contribution in [2.45, 2.75) is 0 Å². The highest BCUT2D eigenvalue weighted by molar-refractivity contribution is 5.79. The van der Waals surface area contributed by atoms with E-state index in [9.17, 15) is 0 Å². The number of allylic oxidation sites excluding steroid dienone is 7. The highest BCUT2D eigenvalue weighted by Gasteiger charge is 1.67. The third kappa shape index (κ3) is 6.95. The van der Waals surface area contributed by atoms with Gasteiger partial charge in [0.1, 0.15) is 6.34 Å². The largest absolute Gasteiger partial charge is 0.368 e. The van der Waals surface area contributed by atoms with Gasteiger partial charge in [0.15, 0.2) is 0 Å². The number of hydrogen-bond acceptors (Lipinski definition) is 3. The molecule has 0 aromatic carbocycles. The summed E-state index contributed by atoms with van der Waals surface area (Å²) >= 11 is 0. The van der Waals surface area contributed by atoms with Gasteiger partial charge in [-0.1, -0.05) is 24.3 Å². The lowest BCUT2D eigenvalue weighted by atomic mass is 10.4. The highest BCUT2D eigenvalue weighted by Crippen LogP contribution is 1.82. The van der Waals surface area contributed by atoms with Gasteiger partial charge in [-0.15, -0.1) is 0 Å². The normalized spacial score (nSPS) is 16.0. The van der Waals surface area contributed by atoms with Crippen LogP contribution in [-0.4, -0.2) is 12.6 Å². The Morgan fingerprint density at radius 3 is 2.33 bits per heavy atom. The Kier molecular flexibility index (Phi) is 6.14. The summed E-state index contributed by atoms with van der Waals surface area (Å²) in [4.78, 5) is 7.86. The molecule has 0 unspecified atom stereocenters. The maximum absolute atomic E-state index is 3.93. The number of hydrogen-bond donors (Lipinski definition) is 1. The van der Waals surface area contributed by atoms with Gasteiger partial charge >= 0.3 is 0 Å². The second-order valence-electron chi connectivity index (χ2n) is 2.56. The Morgan fingerprint density at radius 2 is 1.40 bits per heavy atom. The van der Waals surface area contributed by atoms with Crippen LogP contribution in [0.25, 0.3) is 0 Å². The van der Waals surface area contributed by atoms with E-state index in [4.69, 9.17) is 0 Å². The molecule has 1 rings (SSSR count). The van der Waals surface area contributed by atoms with Crippen LogP contribution in [0.4, 0.5) is 0 Å². The Bertz CT molecular complexity index is 321. The van der Waals surface area contributed by atoms with Gasteiger partial charge in [-0.05, 0) is 18.2 Å². The molecule has 0 aromatic rings. The van der Waals surface area contributed by atoms with Crippen molar-refractivity contribution < 1.29 is 0 Å². The van der Waals surface area contributed by atoms with Crippen LogP contribution in [0.3, 0.4) is 0 Å². The van der Waals surface area contributed by atoms with E-state index in [1.807, 2.05) is 42.7 Å². The molecule has 1 aliphatic heterocycles. The molecule has 0 saturated carbocycles. The fourth-order valence-corrected chi connectivity index (χ4v) is 0.786. The van der Waals surface area contributed by atoms with Gasteiger partial charge in [0.2, 0.25) is 0 Å². The summed E-state index contributed by atoms with van der Waals surface area (Å²) in [5.74, 6) is 0. The molecule has 3 heteroatoms. The van der Waals surface area contributed by atoms with Gasteiger partial charge in [0.25, 0.3) is 0 Å². The third-order valence-corrected chi connectivity index (χ3v) is 1.42. The predicted octanol–water partition coefficient (Wildman–Crippen LogP) is 2.34. The lowest BCUT2D eigenvalue weighted by molar-refractivity contribution is 1.20. The minimum atomic E-state index is 1.49. The molecule has 1 heterocycles. The average molecular weight is 199 g/mol. The van der Waals surface area contributed by atoms with Crippen molar-refractivity contribution in [1.29, 1.82) is 0 Å². The molecule has 15 heavy (non-hydrogen) atoms. The summed E-state index contributed by atoms with van der Waals surface area (Å²) in [5, 5.41) is 2.97. The van der Waals surface area contributed by atoms with Gasteiger partial charge in [-0.3, -0.25) is 0 Å². The summed E-state index contributed by atoms with van der Waals surface area (Å²) < 4.78 is 0. The molecule has 76 valence electrons. The molecule has 0 spiro atoms. The smallest absolute Gasteiger partial charge is 0.115 e. The monoisotopic (exact) mass is 199 g/mol. The molecule has 0 saturated heterocycles. The highest BCUT2D eigenvalue weighted by atomic mass is 14.8. The summed E-state index contributed by atoms with van der Waals surface area (Å²) in [7, 11) is 0. The second-order valence-corrected chi connectivity index (χ2v) is 2.56. The van der Waals surface area contributed by atoms with Crippen LogP contribution in [0.5, 0.6) is 0 Å². The van der Waals surface area contributed by atoms with E-state index >= 15 is 0 Å². The molecule has 0 atom stereocenters. The van der Waals surface area contributed by atoms with Gasteiger partial charge in [0.05, 0.1) is 0 Å². The van der Waals surface area contributed by atoms with Crippen LogP contribution in [0.1, 0.15) is 0 Å². The SMILES string of the molecule is C1=CC=CN=CN=CC=CNC=CC=C1. The van der Waals surface area contributed by atoms with Gasteiger partial charge < -0.3 is 5.32 Å². The summed E-state index contributed by atoms with van der Waals surface area (Å²) in [5.41, 5.74) is 0. The topological polar surface area (TPSA) is 36.8 Å². The van der Waals surface area contributed by atoms with Crippen LogP contribution in [0, 0.1) is 0 Å². The minimum absolute atomic E-state index is 1.49. The number of aliphatic imine (C=N–C) groups is 2. The Hall–Kier alpha value is -2.16. The zero-order valence-corrected chi connectivity index (χ0v) is 8.32. The molecule has 0 radical (unpaired) electrons. The average Bonchev–Trinajstić information content (AvgIpc) is 2.27. The van der Waals surface area contributed by atoms with Crippen LogP contribution in [0.15, 0.2) is 71.1 Å². The summed E-state index contributed by atoms with van der Waals surface area (Å²) in [6, 6.07) is 0. The first kappa shape index (κ1) is 10.9. The van der Waals surface area contributed by atoms with E-state index in [2.05, 4.69) is 15.3 Å². The first-order valence-corrected chi connectivity index (χ1v) is 4.61. The lowest BCUT2D eigenvalue weighted by Gasteiger charge is -1.84. The predicted molar refractivity (Wildman–Crippen MR) is 65.8 cm³/mol. The van der Waals surface area contributed by atoms with Crippen molar-refractivity contribution in [3.8, 4) is 0 Å². The quantitative estimate of drug-likeness (QED) is 0.638. The van der Waals surface area contributed by atoms with Crippen LogP contribution >= 0.6 is 0 Å². The van der Waals surface area contributed by atoms with Gasteiger partial charge in [-0.2, -0.15) is 0 Å². The van der Waals surface area contributed by atoms with Crippen LogP contribution in [0.2, 0.25) is 0 Å². The van der Waals surface area contributed by atoms with Crippen molar-refractivity contribution in [2.75, 3.05) is 0 Å². The molecule has 1 aliphatic rings. The molecule has 0 aromatic heterocycles. The van der Waals surface area contributed by atoms with E-state index < -0.39 is 0 Å². The number of nitrogens with zero attached hydrogens (tertiary/aromatic N) is 2. The van der Waals surface area contributed by atoms with Crippen molar-refractivity contribution in [3.05, 3.63) is 61.1 Å². The Morgan fingerprint density at radius 1 is 0.667 bits per heavy atom. The molecule has 0 bridgehead atoms. The fourth-order valence-electron chi connectivity index (χ4n) is 0.786. The standard InChI is InChI=1S/C12H13N3/c1-2-4-6-9-14-12-15-11-7-10-13-8-5-3-1/h1-13H. The lowest BCUT2D eigenvalue weighted by Crippen LogP contribution is -1.90. The Balaban J connectivity index is 2.62. The van der Waals surface area contributed by atoms with Crippen molar-refractivity contribution in [1.82, 2.24) is 5.32 Å². The van der Waals surface area contributed by atoms with Crippen LogP contribution < -0.4 is 5.32 Å². The molecule has 0 aliphatic carbocycles. The third-order valence-electron chi connectivity index (χ3n) is 1.42. The van der Waals surface area contributed by atoms with Crippen LogP contribution in [-0.2, 0) is 0 Å². The van der Waals surface area contributed by atoms with E-state index in [0.29, 0.717) is 0 Å². The zero-order valence-electron chi connectivity index (χ0n) is 8.32. The van der Waals surface area contributed by atoms with E-state index in [1.54, 1.807) is 24.7 Å².